The number of benzene rings is 1. The second kappa shape index (κ2) is 3.74. The van der Waals surface area contributed by atoms with E-state index in [2.05, 4.69) is 15.9 Å². The minimum absolute atomic E-state index is 0.0219. The second-order valence-corrected chi connectivity index (χ2v) is 2.79. The molecule has 0 heterocycles. The molecule has 2 heteroatoms. The maximum Gasteiger partial charge on any atom is 0.137 e. The van der Waals surface area contributed by atoms with E-state index in [0.717, 1.165) is 5.56 Å². The molecule has 0 saturated carbocycles. The van der Waals surface area contributed by atoms with Gasteiger partial charge in [0.2, 0.25) is 0 Å². The molecule has 1 atom stereocenters. The van der Waals surface area contributed by atoms with Crippen molar-refractivity contribution in [3.05, 3.63) is 35.9 Å². The SMILES string of the molecule is COC(Br)c1ccccc1. The molecule has 0 N–H and O–H groups in total. The van der Waals surface area contributed by atoms with Crippen molar-refractivity contribution in [3.63, 3.8) is 0 Å². The van der Waals surface area contributed by atoms with E-state index in [-0.39, 0.29) is 5.01 Å². The zero-order chi connectivity index (χ0) is 7.40. The fourth-order valence-electron chi connectivity index (χ4n) is 0.740. The molecule has 0 aliphatic rings. The maximum atomic E-state index is 5.05. The first-order valence-corrected chi connectivity index (χ1v) is 3.98. The highest BCUT2D eigenvalue weighted by atomic mass is 79.9. The van der Waals surface area contributed by atoms with E-state index in [9.17, 15) is 0 Å². The maximum absolute atomic E-state index is 5.05. The van der Waals surface area contributed by atoms with Crippen molar-refractivity contribution in [2.75, 3.05) is 7.11 Å². The van der Waals surface area contributed by atoms with Gasteiger partial charge in [0.15, 0.2) is 0 Å². The first-order valence-electron chi connectivity index (χ1n) is 3.06. The van der Waals surface area contributed by atoms with E-state index in [0.29, 0.717) is 0 Å². The molecule has 0 amide bonds. The third kappa shape index (κ3) is 1.82. The topological polar surface area (TPSA) is 9.23 Å². The summed E-state index contributed by atoms with van der Waals surface area (Å²) in [4.78, 5) is 0. The van der Waals surface area contributed by atoms with Crippen LogP contribution in [0.5, 0.6) is 0 Å². The number of alkyl halides is 1. The smallest absolute Gasteiger partial charge is 0.137 e. The predicted octanol–water partition coefficient (Wildman–Crippen LogP) is 2.73. The van der Waals surface area contributed by atoms with Gasteiger partial charge in [-0.25, -0.2) is 0 Å². The lowest BCUT2D eigenvalue weighted by molar-refractivity contribution is 0.181. The average molecular weight is 201 g/mol. The van der Waals surface area contributed by atoms with Crippen LogP contribution in [0.1, 0.15) is 10.6 Å². The van der Waals surface area contributed by atoms with Crippen molar-refractivity contribution >= 4 is 15.9 Å². The van der Waals surface area contributed by atoms with Crippen LogP contribution in [0.2, 0.25) is 0 Å². The Morgan fingerprint density at radius 3 is 2.40 bits per heavy atom. The average Bonchev–Trinajstić information content (AvgIpc) is 2.05. The summed E-state index contributed by atoms with van der Waals surface area (Å²) in [6, 6.07) is 10.00. The Labute approximate surface area is 69.1 Å². The van der Waals surface area contributed by atoms with E-state index in [1.807, 2.05) is 30.3 Å². The van der Waals surface area contributed by atoms with Crippen LogP contribution in [0.4, 0.5) is 0 Å². The van der Waals surface area contributed by atoms with Crippen LogP contribution in [0.3, 0.4) is 0 Å². The molecule has 1 rings (SSSR count). The fraction of sp³-hybridized carbons (Fsp3) is 0.250. The quantitative estimate of drug-likeness (QED) is 0.668. The number of hydrogen-bond donors (Lipinski definition) is 0. The zero-order valence-electron chi connectivity index (χ0n) is 5.75. The molecule has 0 fully saturated rings. The summed E-state index contributed by atoms with van der Waals surface area (Å²) in [5.74, 6) is 0. The Bertz CT molecular complexity index is 186. The largest absolute Gasteiger partial charge is 0.365 e. The van der Waals surface area contributed by atoms with Gasteiger partial charge >= 0.3 is 0 Å². The molecule has 1 aromatic carbocycles. The molecule has 0 spiro atoms. The molecule has 1 nitrogen and oxygen atoms in total. The van der Waals surface area contributed by atoms with Gasteiger partial charge in [-0.2, -0.15) is 0 Å². The van der Waals surface area contributed by atoms with Gasteiger partial charge in [0.1, 0.15) is 5.01 Å². The van der Waals surface area contributed by atoms with Gasteiger partial charge in [0, 0.05) is 7.11 Å². The van der Waals surface area contributed by atoms with Gasteiger partial charge < -0.3 is 4.74 Å². The number of ether oxygens (including phenoxy) is 1. The Balaban J connectivity index is 2.75. The van der Waals surface area contributed by atoms with Crippen LogP contribution >= 0.6 is 15.9 Å². The highest BCUT2D eigenvalue weighted by Crippen LogP contribution is 2.21. The summed E-state index contributed by atoms with van der Waals surface area (Å²) in [5, 5.41) is 0.0219. The van der Waals surface area contributed by atoms with Crippen LogP contribution in [0.25, 0.3) is 0 Å². The normalized spacial score (nSPS) is 13.0. The van der Waals surface area contributed by atoms with E-state index in [1.54, 1.807) is 7.11 Å². The first kappa shape index (κ1) is 7.76. The number of hydrogen-bond acceptors (Lipinski definition) is 1. The summed E-state index contributed by atoms with van der Waals surface area (Å²) in [6.07, 6.45) is 0. The highest BCUT2D eigenvalue weighted by Gasteiger charge is 2.01. The van der Waals surface area contributed by atoms with Crippen molar-refractivity contribution in [1.29, 1.82) is 0 Å². The summed E-state index contributed by atoms with van der Waals surface area (Å²) >= 11 is 3.36. The van der Waals surface area contributed by atoms with Gasteiger partial charge in [0.05, 0.1) is 0 Å². The summed E-state index contributed by atoms with van der Waals surface area (Å²) in [6.45, 7) is 0. The number of methoxy groups -OCH3 is 1. The standard InChI is InChI=1S/C8H9BrO/c1-10-8(9)7-5-3-2-4-6-7/h2-6,8H,1H3. The zero-order valence-corrected chi connectivity index (χ0v) is 7.34. The van der Waals surface area contributed by atoms with Crippen LogP contribution in [0, 0.1) is 0 Å². The third-order valence-corrected chi connectivity index (χ3v) is 2.17. The van der Waals surface area contributed by atoms with Crippen molar-refractivity contribution in [2.45, 2.75) is 5.01 Å². The lowest BCUT2D eigenvalue weighted by atomic mass is 10.2. The van der Waals surface area contributed by atoms with Gasteiger partial charge in [-0.05, 0) is 5.56 Å². The molecule has 0 bridgehead atoms. The van der Waals surface area contributed by atoms with Crippen LogP contribution in [-0.4, -0.2) is 7.11 Å². The molecule has 1 aromatic rings. The number of halogens is 1. The molecular weight excluding hydrogens is 192 g/mol. The Morgan fingerprint density at radius 2 is 1.90 bits per heavy atom. The molecule has 0 aromatic heterocycles. The van der Waals surface area contributed by atoms with Gasteiger partial charge in [-0.1, -0.05) is 46.3 Å². The van der Waals surface area contributed by atoms with Crippen molar-refractivity contribution in [2.24, 2.45) is 0 Å². The van der Waals surface area contributed by atoms with Crippen LogP contribution in [-0.2, 0) is 4.74 Å². The van der Waals surface area contributed by atoms with E-state index < -0.39 is 0 Å². The summed E-state index contributed by atoms with van der Waals surface area (Å²) in [7, 11) is 1.67. The van der Waals surface area contributed by atoms with E-state index >= 15 is 0 Å². The van der Waals surface area contributed by atoms with Crippen molar-refractivity contribution < 1.29 is 4.74 Å². The molecule has 10 heavy (non-hydrogen) atoms. The fourth-order valence-corrected chi connectivity index (χ4v) is 1.05. The monoisotopic (exact) mass is 200 g/mol. The molecular formula is C8H9BrO. The van der Waals surface area contributed by atoms with E-state index in [1.165, 1.54) is 0 Å². The Morgan fingerprint density at radius 1 is 1.30 bits per heavy atom. The minimum atomic E-state index is 0.0219. The van der Waals surface area contributed by atoms with Gasteiger partial charge in [0.25, 0.3) is 0 Å². The molecule has 1 unspecified atom stereocenters. The van der Waals surface area contributed by atoms with Gasteiger partial charge in [-0.3, -0.25) is 0 Å². The second-order valence-electron chi connectivity index (χ2n) is 1.96. The summed E-state index contributed by atoms with van der Waals surface area (Å²) in [5.41, 5.74) is 1.14. The highest BCUT2D eigenvalue weighted by molar-refractivity contribution is 9.09. The molecule has 0 saturated heterocycles. The Hall–Kier alpha value is -0.340. The van der Waals surface area contributed by atoms with Crippen LogP contribution < -0.4 is 0 Å². The lowest BCUT2D eigenvalue weighted by Crippen LogP contribution is -1.89. The van der Waals surface area contributed by atoms with Gasteiger partial charge in [-0.15, -0.1) is 0 Å². The third-order valence-electron chi connectivity index (χ3n) is 1.27. The summed E-state index contributed by atoms with van der Waals surface area (Å²) < 4.78 is 5.05. The van der Waals surface area contributed by atoms with Crippen molar-refractivity contribution in [1.82, 2.24) is 0 Å². The van der Waals surface area contributed by atoms with Crippen LogP contribution in [0.15, 0.2) is 30.3 Å². The van der Waals surface area contributed by atoms with Crippen molar-refractivity contribution in [3.8, 4) is 0 Å². The molecule has 0 aliphatic carbocycles. The van der Waals surface area contributed by atoms with E-state index in [4.69, 9.17) is 4.74 Å². The minimum Gasteiger partial charge on any atom is -0.365 e. The molecule has 54 valence electrons. The lowest BCUT2D eigenvalue weighted by Gasteiger charge is -2.05. The Kier molecular flexibility index (Phi) is 2.90. The molecule has 0 radical (unpaired) electrons. The predicted molar refractivity (Wildman–Crippen MR) is 45.1 cm³/mol. The number of rotatable bonds is 2. The molecule has 0 aliphatic heterocycles. The first-order chi connectivity index (χ1) is 4.84.